The molecule has 2 N–H and O–H groups in total. The molecule has 3 aromatic carbocycles. The molecule has 0 saturated carbocycles. The first-order valence-corrected chi connectivity index (χ1v) is 11.9. The number of hydrogen-bond donors (Lipinski definition) is 2. The summed E-state index contributed by atoms with van der Waals surface area (Å²) in [5.74, 6) is 1.36. The van der Waals surface area contributed by atoms with E-state index in [-0.39, 0.29) is 13.3 Å². The minimum Gasteiger partial charge on any atom is -0.490 e. The van der Waals surface area contributed by atoms with Crippen LogP contribution in [-0.4, -0.2) is 38.0 Å². The Bertz CT molecular complexity index is 1260. The van der Waals surface area contributed by atoms with Crippen LogP contribution in [0.2, 0.25) is 0 Å². The van der Waals surface area contributed by atoms with Gasteiger partial charge in [-0.1, -0.05) is 28.1 Å². The molecule has 0 aromatic heterocycles. The van der Waals surface area contributed by atoms with Crippen LogP contribution in [0, 0.1) is 0 Å². The third-order valence-electron chi connectivity index (χ3n) is 5.02. The van der Waals surface area contributed by atoms with Crippen molar-refractivity contribution in [1.29, 1.82) is 0 Å². The second kappa shape index (κ2) is 12.1. The van der Waals surface area contributed by atoms with E-state index in [0.717, 1.165) is 10.0 Å². The van der Waals surface area contributed by atoms with Gasteiger partial charge in [-0.2, -0.15) is 5.10 Å². The maximum Gasteiger partial charge on any atom is 0.259 e. The quantitative estimate of drug-likeness (QED) is 0.290. The van der Waals surface area contributed by atoms with Gasteiger partial charge < -0.3 is 24.3 Å². The molecule has 1 aliphatic heterocycles. The molecule has 186 valence electrons. The average molecular weight is 554 g/mol. The number of benzene rings is 3. The van der Waals surface area contributed by atoms with Gasteiger partial charge in [-0.15, -0.1) is 0 Å². The van der Waals surface area contributed by atoms with E-state index >= 15 is 0 Å². The summed E-state index contributed by atoms with van der Waals surface area (Å²) >= 11 is 3.42. The molecule has 0 radical (unpaired) electrons. The summed E-state index contributed by atoms with van der Waals surface area (Å²) in [5, 5.41) is 6.50. The Kier molecular flexibility index (Phi) is 8.40. The first kappa shape index (κ1) is 25.1. The molecule has 0 atom stereocenters. The molecule has 0 fully saturated rings. The van der Waals surface area contributed by atoms with E-state index in [2.05, 4.69) is 31.8 Å². The number of carbonyl (C=O) groups excluding carboxylic acids is 2. The van der Waals surface area contributed by atoms with Crippen LogP contribution in [0.3, 0.4) is 0 Å². The monoisotopic (exact) mass is 553 g/mol. The predicted molar refractivity (Wildman–Crippen MR) is 137 cm³/mol. The van der Waals surface area contributed by atoms with Gasteiger partial charge in [0.1, 0.15) is 6.61 Å². The van der Waals surface area contributed by atoms with Crippen LogP contribution in [0.4, 0.5) is 0 Å². The van der Waals surface area contributed by atoms with Gasteiger partial charge in [-0.25, -0.2) is 5.43 Å². The highest BCUT2D eigenvalue weighted by Crippen LogP contribution is 2.32. The number of halogens is 1. The SMILES string of the molecule is CCOc1cc(/C=N/NC(=O)CNC(=O)c2ccc3c(c2)OCO3)ccc1OCc1ccc(Br)cc1. The molecule has 36 heavy (non-hydrogen) atoms. The molecule has 0 unspecified atom stereocenters. The summed E-state index contributed by atoms with van der Waals surface area (Å²) in [6, 6.07) is 18.0. The van der Waals surface area contributed by atoms with Crippen molar-refractivity contribution < 1.29 is 28.5 Å². The van der Waals surface area contributed by atoms with Crippen molar-refractivity contribution in [3.63, 3.8) is 0 Å². The Morgan fingerprint density at radius 2 is 1.81 bits per heavy atom. The second-order valence-corrected chi connectivity index (χ2v) is 8.51. The van der Waals surface area contributed by atoms with Crippen LogP contribution < -0.4 is 29.7 Å². The van der Waals surface area contributed by atoms with Gasteiger partial charge in [-0.05, 0) is 66.6 Å². The average Bonchev–Trinajstić information content (AvgIpc) is 3.36. The molecule has 9 nitrogen and oxygen atoms in total. The number of nitrogens with one attached hydrogen (secondary N) is 2. The molecule has 3 aromatic rings. The van der Waals surface area contributed by atoms with E-state index in [1.807, 2.05) is 31.2 Å². The van der Waals surface area contributed by atoms with Crippen molar-refractivity contribution in [2.24, 2.45) is 5.10 Å². The lowest BCUT2D eigenvalue weighted by Gasteiger charge is -2.12. The third-order valence-corrected chi connectivity index (χ3v) is 5.55. The van der Waals surface area contributed by atoms with E-state index in [9.17, 15) is 9.59 Å². The van der Waals surface area contributed by atoms with Crippen LogP contribution in [0.15, 0.2) is 70.2 Å². The van der Waals surface area contributed by atoms with Gasteiger partial charge in [0.2, 0.25) is 6.79 Å². The van der Waals surface area contributed by atoms with Crippen LogP contribution in [0.1, 0.15) is 28.4 Å². The second-order valence-electron chi connectivity index (χ2n) is 7.60. The molecule has 0 bridgehead atoms. The van der Waals surface area contributed by atoms with Crippen molar-refractivity contribution in [1.82, 2.24) is 10.7 Å². The molecule has 0 spiro atoms. The Balaban J connectivity index is 1.28. The van der Waals surface area contributed by atoms with Gasteiger partial charge >= 0.3 is 0 Å². The van der Waals surface area contributed by atoms with Crippen molar-refractivity contribution in [3.05, 3.63) is 81.8 Å². The summed E-state index contributed by atoms with van der Waals surface area (Å²) in [7, 11) is 0. The first-order chi connectivity index (χ1) is 17.5. The molecule has 0 aliphatic carbocycles. The van der Waals surface area contributed by atoms with Gasteiger partial charge in [0.15, 0.2) is 23.0 Å². The topological polar surface area (TPSA) is 107 Å². The van der Waals surface area contributed by atoms with Crippen LogP contribution in [0.5, 0.6) is 23.0 Å². The van der Waals surface area contributed by atoms with Crippen LogP contribution >= 0.6 is 15.9 Å². The summed E-state index contributed by atoms with van der Waals surface area (Å²) in [5.41, 5.74) is 4.49. The highest BCUT2D eigenvalue weighted by Gasteiger charge is 2.16. The Labute approximate surface area is 216 Å². The zero-order chi connectivity index (χ0) is 25.3. The molecule has 1 heterocycles. The summed E-state index contributed by atoms with van der Waals surface area (Å²) in [4.78, 5) is 24.4. The van der Waals surface area contributed by atoms with Crippen molar-refractivity contribution in [2.45, 2.75) is 13.5 Å². The summed E-state index contributed by atoms with van der Waals surface area (Å²) in [6.07, 6.45) is 1.48. The molecule has 4 rings (SSSR count). The maximum atomic E-state index is 12.3. The number of fused-ring (bicyclic) bond motifs is 1. The van der Waals surface area contributed by atoms with E-state index in [4.69, 9.17) is 18.9 Å². The zero-order valence-corrected chi connectivity index (χ0v) is 21.0. The van der Waals surface area contributed by atoms with Gasteiger partial charge in [0.05, 0.1) is 19.4 Å². The number of amides is 2. The standard InChI is InChI=1S/C26H24BrN3O6/c1-2-33-23-11-18(5-9-21(23)34-15-17-3-7-20(27)8-4-17)13-29-30-25(31)14-28-26(32)19-6-10-22-24(12-19)36-16-35-22/h3-13H,2,14-16H2,1H3,(H,28,32)(H,30,31)/b29-13+. The Hall–Kier alpha value is -4.05. The molecule has 10 heteroatoms. The van der Waals surface area contributed by atoms with Crippen LogP contribution in [0.25, 0.3) is 0 Å². The number of hydrogen-bond acceptors (Lipinski definition) is 7. The van der Waals surface area contributed by atoms with E-state index < -0.39 is 11.8 Å². The number of ether oxygens (including phenoxy) is 4. The number of carbonyl (C=O) groups is 2. The minimum absolute atomic E-state index is 0.120. The molecular formula is C26H24BrN3O6. The third kappa shape index (κ3) is 6.76. The maximum absolute atomic E-state index is 12.3. The fourth-order valence-corrected chi connectivity index (χ4v) is 3.52. The number of nitrogens with zero attached hydrogens (tertiary/aromatic N) is 1. The summed E-state index contributed by atoms with van der Waals surface area (Å²) < 4.78 is 23.1. The van der Waals surface area contributed by atoms with E-state index in [1.54, 1.807) is 36.4 Å². The van der Waals surface area contributed by atoms with Gasteiger partial charge in [-0.3, -0.25) is 9.59 Å². The zero-order valence-electron chi connectivity index (χ0n) is 19.5. The lowest BCUT2D eigenvalue weighted by atomic mass is 10.2. The largest absolute Gasteiger partial charge is 0.490 e. The van der Waals surface area contributed by atoms with Gasteiger partial charge in [0, 0.05) is 10.0 Å². The fourth-order valence-electron chi connectivity index (χ4n) is 3.25. The first-order valence-electron chi connectivity index (χ1n) is 11.2. The molecule has 1 aliphatic rings. The Morgan fingerprint density at radius 1 is 1.00 bits per heavy atom. The highest BCUT2D eigenvalue weighted by atomic mass is 79.9. The smallest absolute Gasteiger partial charge is 0.259 e. The minimum atomic E-state index is -0.472. The lowest BCUT2D eigenvalue weighted by molar-refractivity contribution is -0.120. The van der Waals surface area contributed by atoms with E-state index in [0.29, 0.717) is 47.3 Å². The van der Waals surface area contributed by atoms with Gasteiger partial charge in [0.25, 0.3) is 11.8 Å². The number of rotatable bonds is 10. The highest BCUT2D eigenvalue weighted by molar-refractivity contribution is 9.10. The Morgan fingerprint density at radius 3 is 2.61 bits per heavy atom. The molecular weight excluding hydrogens is 530 g/mol. The van der Waals surface area contributed by atoms with Crippen LogP contribution in [-0.2, 0) is 11.4 Å². The fraction of sp³-hybridized carbons (Fsp3) is 0.192. The summed E-state index contributed by atoms with van der Waals surface area (Å²) in [6.45, 7) is 2.63. The van der Waals surface area contributed by atoms with Crippen molar-refractivity contribution in [2.75, 3.05) is 19.9 Å². The lowest BCUT2D eigenvalue weighted by Crippen LogP contribution is -2.34. The normalized spacial score (nSPS) is 11.8. The number of hydrazone groups is 1. The van der Waals surface area contributed by atoms with Crippen molar-refractivity contribution >= 4 is 34.0 Å². The van der Waals surface area contributed by atoms with E-state index in [1.165, 1.54) is 6.21 Å². The predicted octanol–water partition coefficient (Wildman–Crippen LogP) is 4.04. The molecule has 0 saturated heterocycles. The van der Waals surface area contributed by atoms with Crippen molar-refractivity contribution in [3.8, 4) is 23.0 Å². The molecule has 2 amide bonds.